The molecule has 0 spiro atoms. The zero-order valence-corrected chi connectivity index (χ0v) is 27.1. The Morgan fingerprint density at radius 2 is 1.69 bits per heavy atom. The van der Waals surface area contributed by atoms with E-state index < -0.39 is 0 Å². The molecule has 1 fully saturated rings. The van der Waals surface area contributed by atoms with Gasteiger partial charge in [-0.1, -0.05) is 107 Å². The quantitative estimate of drug-likeness (QED) is 0.137. The number of nitrogens with zero attached hydrogens (tertiary/aromatic N) is 2. The molecule has 2 aliphatic rings. The van der Waals surface area contributed by atoms with Crippen LogP contribution in [0.4, 0.5) is 0 Å². The van der Waals surface area contributed by atoms with Gasteiger partial charge in [-0.15, -0.1) is 35.4 Å². The standard InChI is InChI=1S/C26H18NO.C11H19NO.Ir/c1-26(2)23-17(21-15-14-16-8-3-5-12-20(16)27-21)10-7-11-19(23)25-24(26)18-9-4-6-13-22(18)28-25;1-9(8-10(2)13)12-11-6-4-3-5-7-11;/h3-9,11-15H,1-2H3;8,11H,3-7H2,1-2H3,(H,12,13);/q-1;;/p-1. The van der Waals surface area contributed by atoms with Gasteiger partial charge in [-0.05, 0) is 41.6 Å². The van der Waals surface area contributed by atoms with Crippen molar-refractivity contribution in [1.82, 2.24) is 4.98 Å². The van der Waals surface area contributed by atoms with Crippen LogP contribution in [0, 0.1) is 6.07 Å². The first kappa shape index (κ1) is 29.9. The van der Waals surface area contributed by atoms with Gasteiger partial charge < -0.3 is 9.73 Å². The molecule has 3 aromatic carbocycles. The van der Waals surface area contributed by atoms with Gasteiger partial charge in [0.2, 0.25) is 0 Å². The number of allylic oxidation sites excluding steroid dienone is 2. The summed E-state index contributed by atoms with van der Waals surface area (Å²) in [6, 6.07) is 28.8. The Hall–Kier alpha value is -3.53. The van der Waals surface area contributed by atoms with Crippen LogP contribution in [-0.2, 0) is 30.3 Å². The smallest absolute Gasteiger partial charge is 0.151 e. The zero-order chi connectivity index (χ0) is 28.6. The van der Waals surface area contributed by atoms with E-state index in [0.29, 0.717) is 6.04 Å². The van der Waals surface area contributed by atoms with Crippen molar-refractivity contribution in [3.63, 3.8) is 0 Å². The molecule has 0 atom stereocenters. The van der Waals surface area contributed by atoms with Gasteiger partial charge in [0, 0.05) is 31.1 Å². The monoisotopic (exact) mass is 733 g/mol. The molecule has 0 amide bonds. The average molecular weight is 733 g/mol. The summed E-state index contributed by atoms with van der Waals surface area (Å²) in [4.78, 5) is 15.7. The van der Waals surface area contributed by atoms with Gasteiger partial charge >= 0.3 is 0 Å². The third kappa shape index (κ3) is 5.73. The maximum Gasteiger partial charge on any atom is 0.151 e. The second-order valence-corrected chi connectivity index (χ2v) is 11.8. The first-order valence-corrected chi connectivity index (χ1v) is 14.7. The van der Waals surface area contributed by atoms with E-state index in [-0.39, 0.29) is 31.3 Å². The number of hydrogen-bond acceptors (Lipinski definition) is 3. The number of carbonyl (C=O) groups is 1. The Bertz CT molecular complexity index is 1780. The molecule has 5 aromatic rings. The molecule has 0 saturated heterocycles. The average Bonchev–Trinajstić information content (AvgIpc) is 3.47. The zero-order valence-electron chi connectivity index (χ0n) is 24.7. The molecule has 0 bridgehead atoms. The van der Waals surface area contributed by atoms with Crippen LogP contribution >= 0.6 is 0 Å². The van der Waals surface area contributed by atoms with Crippen LogP contribution in [-0.4, -0.2) is 16.8 Å². The molecule has 0 unspecified atom stereocenters. The molecule has 7 rings (SSSR count). The minimum Gasteiger partial charge on any atom is -0.685 e. The van der Waals surface area contributed by atoms with Crippen molar-refractivity contribution in [1.29, 1.82) is 0 Å². The molecule has 0 aliphatic heterocycles. The van der Waals surface area contributed by atoms with Crippen LogP contribution in [0.3, 0.4) is 0 Å². The molecular weight excluding hydrogens is 697 g/mol. The van der Waals surface area contributed by atoms with Crippen molar-refractivity contribution in [2.75, 3.05) is 0 Å². The molecule has 4 nitrogen and oxygen atoms in total. The van der Waals surface area contributed by atoms with Gasteiger partial charge in [0.1, 0.15) is 11.3 Å². The normalized spacial score (nSPS) is 15.8. The van der Waals surface area contributed by atoms with E-state index in [4.69, 9.17) is 9.40 Å². The summed E-state index contributed by atoms with van der Waals surface area (Å²) in [6.45, 7) is 8.03. The number of pyridine rings is 1. The molecule has 0 N–H and O–H groups in total. The molecule has 1 saturated carbocycles. The molecule has 42 heavy (non-hydrogen) atoms. The van der Waals surface area contributed by atoms with E-state index in [1.54, 1.807) is 13.0 Å². The minimum atomic E-state index is -0.183. The van der Waals surface area contributed by atoms with E-state index in [1.807, 2.05) is 37.3 Å². The number of carbonyl (C=O) groups excluding carboxylic acids is 1. The third-order valence-electron chi connectivity index (χ3n) is 8.31. The van der Waals surface area contributed by atoms with E-state index in [2.05, 4.69) is 67.7 Å². The predicted octanol–water partition coefficient (Wildman–Crippen LogP) is 9.94. The molecule has 1 radical (unpaired) electrons. The number of furan rings is 1. The minimum absolute atomic E-state index is 0. The maximum absolute atomic E-state index is 10.8. The molecule has 2 aliphatic carbocycles. The second-order valence-electron chi connectivity index (χ2n) is 11.8. The second kappa shape index (κ2) is 12.4. The van der Waals surface area contributed by atoms with E-state index in [0.717, 1.165) is 44.8 Å². The molecule has 217 valence electrons. The molecule has 2 heterocycles. The maximum atomic E-state index is 10.8. The Morgan fingerprint density at radius 1 is 0.952 bits per heavy atom. The van der Waals surface area contributed by atoms with Crippen molar-refractivity contribution in [2.45, 2.75) is 71.3 Å². The van der Waals surface area contributed by atoms with Crippen molar-refractivity contribution < 1.29 is 29.3 Å². The fraction of sp³-hybridized carbons (Fsp3) is 0.297. The number of hydrogen-bond donors (Lipinski definition) is 0. The van der Waals surface area contributed by atoms with Gasteiger partial charge in [-0.3, -0.25) is 9.78 Å². The predicted molar refractivity (Wildman–Crippen MR) is 168 cm³/mol. The van der Waals surface area contributed by atoms with E-state index >= 15 is 0 Å². The molecular formula is C37H36IrN2O2-2. The van der Waals surface area contributed by atoms with Gasteiger partial charge in [-0.25, -0.2) is 0 Å². The number of benzene rings is 3. The first-order valence-electron chi connectivity index (χ1n) is 14.7. The fourth-order valence-corrected chi connectivity index (χ4v) is 6.55. The van der Waals surface area contributed by atoms with E-state index in [1.165, 1.54) is 48.6 Å². The topological polar surface area (TPSA) is 57.2 Å². The Morgan fingerprint density at radius 3 is 2.48 bits per heavy atom. The summed E-state index contributed by atoms with van der Waals surface area (Å²) >= 11 is 0. The van der Waals surface area contributed by atoms with Gasteiger partial charge in [0.05, 0.1) is 5.52 Å². The van der Waals surface area contributed by atoms with Gasteiger partial charge in [-0.2, -0.15) is 5.70 Å². The van der Waals surface area contributed by atoms with Crippen molar-refractivity contribution in [3.05, 3.63) is 107 Å². The van der Waals surface area contributed by atoms with Crippen LogP contribution in [0.15, 0.2) is 89.0 Å². The number of para-hydroxylation sites is 2. The van der Waals surface area contributed by atoms with Crippen molar-refractivity contribution in [3.8, 4) is 22.6 Å². The summed E-state index contributed by atoms with van der Waals surface area (Å²) in [5.41, 5.74) is 8.34. The summed E-state index contributed by atoms with van der Waals surface area (Å²) in [7, 11) is 0. The fourth-order valence-electron chi connectivity index (χ4n) is 6.55. The number of fused-ring (bicyclic) bond motifs is 6. The number of rotatable bonds is 4. The summed E-state index contributed by atoms with van der Waals surface area (Å²) in [6.07, 6.45) is 7.95. The number of aromatic nitrogens is 1. The molecule has 2 aromatic heterocycles. The Labute approximate surface area is 262 Å². The largest absolute Gasteiger partial charge is 0.685 e. The van der Waals surface area contributed by atoms with Crippen molar-refractivity contribution in [2.24, 2.45) is 0 Å². The van der Waals surface area contributed by atoms with Crippen LogP contribution in [0.25, 0.3) is 49.8 Å². The Kier molecular flexibility index (Phi) is 8.82. The van der Waals surface area contributed by atoms with Gasteiger partial charge in [0.25, 0.3) is 0 Å². The van der Waals surface area contributed by atoms with Crippen LogP contribution in [0.1, 0.15) is 70.9 Å². The summed E-state index contributed by atoms with van der Waals surface area (Å²) in [5, 5.41) is 6.86. The molecule has 5 heteroatoms. The summed E-state index contributed by atoms with van der Waals surface area (Å²) < 4.78 is 6.30. The van der Waals surface area contributed by atoms with Crippen LogP contribution < -0.4 is 0 Å². The van der Waals surface area contributed by atoms with Crippen molar-refractivity contribution >= 4 is 27.7 Å². The van der Waals surface area contributed by atoms with Gasteiger partial charge in [0.15, 0.2) is 5.78 Å². The first-order chi connectivity index (χ1) is 19.8. The summed E-state index contributed by atoms with van der Waals surface area (Å²) in [5.74, 6) is 1.08. The van der Waals surface area contributed by atoms with E-state index in [9.17, 15) is 4.79 Å². The van der Waals surface area contributed by atoms with Crippen LogP contribution in [0.5, 0.6) is 0 Å². The number of ketones is 1. The van der Waals surface area contributed by atoms with Crippen LogP contribution in [0.2, 0.25) is 0 Å². The third-order valence-corrected chi connectivity index (χ3v) is 8.31. The Balaban J connectivity index is 0.000000215. The SMILES string of the molecule is CC(=O)/C=C(/C)[N-]C1CCCCC1.CC1(C)c2c(-c3ccc4ccccc4n3)[c-]ccc2-c2oc3ccccc3c21.[Ir].